The Morgan fingerprint density at radius 3 is 3.00 bits per heavy atom. The molecule has 0 bridgehead atoms. The van der Waals surface area contributed by atoms with E-state index in [-0.39, 0.29) is 5.91 Å². The molecule has 0 unspecified atom stereocenters. The summed E-state index contributed by atoms with van der Waals surface area (Å²) >= 11 is 1.44. The summed E-state index contributed by atoms with van der Waals surface area (Å²) in [5, 5.41) is 14.8. The molecular weight excluding hydrogens is 390 g/mol. The fourth-order valence-corrected chi connectivity index (χ4v) is 3.47. The summed E-state index contributed by atoms with van der Waals surface area (Å²) in [6, 6.07) is 13.2. The van der Waals surface area contributed by atoms with Gasteiger partial charge in [0.05, 0.1) is 5.69 Å². The number of amides is 1. The van der Waals surface area contributed by atoms with Gasteiger partial charge in [-0.15, -0.1) is 5.10 Å². The molecule has 0 aliphatic heterocycles. The van der Waals surface area contributed by atoms with Gasteiger partial charge in [-0.2, -0.15) is 0 Å². The molecule has 148 valence electrons. The first-order valence-corrected chi connectivity index (χ1v) is 9.96. The fraction of sp³-hybridized carbons (Fsp3) is 0.211. The number of hydrogen-bond acceptors (Lipinski definition) is 7. The molecule has 0 atom stereocenters. The number of nitrogens with zero attached hydrogens (tertiary/aromatic N) is 6. The molecule has 0 aliphatic carbocycles. The number of aromatic nitrogens is 6. The second-order valence-electron chi connectivity index (χ2n) is 6.25. The maximum Gasteiger partial charge on any atom is 0.225 e. The van der Waals surface area contributed by atoms with Crippen molar-refractivity contribution >= 4 is 29.0 Å². The van der Waals surface area contributed by atoms with E-state index < -0.39 is 0 Å². The number of aryl methyl sites for hydroxylation is 1. The van der Waals surface area contributed by atoms with Crippen molar-refractivity contribution in [1.29, 1.82) is 0 Å². The first kappa shape index (κ1) is 18.9. The van der Waals surface area contributed by atoms with Gasteiger partial charge in [-0.1, -0.05) is 23.9 Å². The van der Waals surface area contributed by atoms with E-state index in [0.29, 0.717) is 35.4 Å². The van der Waals surface area contributed by atoms with Crippen molar-refractivity contribution in [2.75, 3.05) is 11.1 Å². The second kappa shape index (κ2) is 8.74. The topological polar surface area (TPSA) is 99.2 Å². The van der Waals surface area contributed by atoms with Crippen molar-refractivity contribution in [1.82, 2.24) is 29.6 Å². The van der Waals surface area contributed by atoms with Crippen LogP contribution in [0, 0.1) is 0 Å². The van der Waals surface area contributed by atoms with Crippen LogP contribution in [-0.2, 0) is 18.4 Å². The number of tetrazole rings is 1. The highest BCUT2D eigenvalue weighted by Crippen LogP contribution is 2.20. The number of hydrogen-bond donors (Lipinski definition) is 1. The third-order valence-electron chi connectivity index (χ3n) is 4.06. The highest BCUT2D eigenvalue weighted by Gasteiger charge is 2.08. The molecule has 1 aromatic carbocycles. The van der Waals surface area contributed by atoms with E-state index in [2.05, 4.69) is 25.8 Å². The molecule has 10 heteroatoms. The number of ether oxygens (including phenoxy) is 1. The Bertz CT molecular complexity index is 1090. The van der Waals surface area contributed by atoms with Gasteiger partial charge in [-0.3, -0.25) is 4.79 Å². The zero-order valence-electron chi connectivity index (χ0n) is 15.7. The van der Waals surface area contributed by atoms with Gasteiger partial charge in [0.1, 0.15) is 18.0 Å². The molecule has 0 aliphatic rings. The first-order chi connectivity index (χ1) is 14.2. The second-order valence-corrected chi connectivity index (χ2v) is 7.31. The van der Waals surface area contributed by atoms with Crippen molar-refractivity contribution in [2.24, 2.45) is 7.05 Å². The summed E-state index contributed by atoms with van der Waals surface area (Å²) in [7, 11) is 1.76. The number of nitrogens with one attached hydrogen (secondary N) is 1. The molecule has 29 heavy (non-hydrogen) atoms. The van der Waals surface area contributed by atoms with Gasteiger partial charge in [0, 0.05) is 43.4 Å². The smallest absolute Gasteiger partial charge is 0.225 e. The summed E-state index contributed by atoms with van der Waals surface area (Å²) < 4.78 is 9.36. The van der Waals surface area contributed by atoms with Crippen LogP contribution in [0.15, 0.2) is 60.0 Å². The van der Waals surface area contributed by atoms with Crippen molar-refractivity contribution < 1.29 is 9.53 Å². The molecule has 3 heterocycles. The van der Waals surface area contributed by atoms with Crippen LogP contribution < -0.4 is 10.1 Å². The van der Waals surface area contributed by atoms with Gasteiger partial charge >= 0.3 is 0 Å². The Morgan fingerprint density at radius 1 is 1.24 bits per heavy atom. The molecule has 0 saturated heterocycles. The predicted molar refractivity (Wildman–Crippen MR) is 109 cm³/mol. The van der Waals surface area contributed by atoms with Crippen LogP contribution >= 0.6 is 11.8 Å². The Balaban J connectivity index is 1.28. The van der Waals surface area contributed by atoms with Gasteiger partial charge in [-0.25, -0.2) is 9.67 Å². The third kappa shape index (κ3) is 4.91. The quantitative estimate of drug-likeness (QED) is 0.447. The molecule has 4 aromatic rings. The standard InChI is InChI=1S/C19H19N7O2S/c1-25-19(22-23-24-25)29-10-8-18(27)21-14-5-4-6-16(11-14)28-13-15-12-26-9-3-2-7-17(26)20-15/h2-7,9,11-12H,8,10,13H2,1H3,(H,21,27). The van der Waals surface area contributed by atoms with Gasteiger partial charge in [0.2, 0.25) is 11.1 Å². The molecule has 1 amide bonds. The maximum absolute atomic E-state index is 12.2. The number of imidazole rings is 1. The first-order valence-electron chi connectivity index (χ1n) is 8.98. The Morgan fingerprint density at radius 2 is 2.17 bits per heavy atom. The molecule has 3 aromatic heterocycles. The number of pyridine rings is 1. The lowest BCUT2D eigenvalue weighted by Crippen LogP contribution is -2.12. The van der Waals surface area contributed by atoms with Crippen molar-refractivity contribution in [3.8, 4) is 5.75 Å². The Kier molecular flexibility index (Phi) is 5.71. The van der Waals surface area contributed by atoms with E-state index in [0.717, 1.165) is 11.3 Å². The van der Waals surface area contributed by atoms with Gasteiger partial charge in [0.15, 0.2) is 0 Å². The van der Waals surface area contributed by atoms with Crippen LogP contribution in [0.1, 0.15) is 12.1 Å². The van der Waals surface area contributed by atoms with Crippen LogP contribution in [-0.4, -0.2) is 41.3 Å². The Hall–Kier alpha value is -3.40. The highest BCUT2D eigenvalue weighted by atomic mass is 32.2. The van der Waals surface area contributed by atoms with E-state index in [1.807, 2.05) is 53.2 Å². The zero-order chi connectivity index (χ0) is 20.1. The molecule has 1 N–H and O–H groups in total. The molecule has 0 saturated carbocycles. The lowest BCUT2D eigenvalue weighted by atomic mass is 10.3. The number of anilines is 1. The van der Waals surface area contributed by atoms with Gasteiger partial charge in [0.25, 0.3) is 0 Å². The normalized spacial score (nSPS) is 10.9. The number of carbonyl (C=O) groups is 1. The van der Waals surface area contributed by atoms with Crippen LogP contribution in [0.4, 0.5) is 5.69 Å². The summed E-state index contributed by atoms with van der Waals surface area (Å²) in [6.45, 7) is 0.349. The number of carbonyl (C=O) groups excluding carboxylic acids is 1. The SMILES string of the molecule is Cn1nnnc1SCCC(=O)Nc1cccc(OCc2cn3ccccc3n2)c1. The van der Waals surface area contributed by atoms with Crippen molar-refractivity contribution in [2.45, 2.75) is 18.2 Å². The largest absolute Gasteiger partial charge is 0.487 e. The lowest BCUT2D eigenvalue weighted by Gasteiger charge is -2.08. The minimum Gasteiger partial charge on any atom is -0.487 e. The molecule has 9 nitrogen and oxygen atoms in total. The highest BCUT2D eigenvalue weighted by molar-refractivity contribution is 7.99. The summed E-state index contributed by atoms with van der Waals surface area (Å²) in [5.74, 6) is 1.17. The van der Waals surface area contributed by atoms with E-state index >= 15 is 0 Å². The zero-order valence-corrected chi connectivity index (χ0v) is 16.5. The fourth-order valence-electron chi connectivity index (χ4n) is 2.68. The van der Waals surface area contributed by atoms with Crippen LogP contribution in [0.2, 0.25) is 0 Å². The lowest BCUT2D eigenvalue weighted by molar-refractivity contribution is -0.115. The molecular formula is C19H19N7O2S. The van der Waals surface area contributed by atoms with Gasteiger partial charge < -0.3 is 14.5 Å². The van der Waals surface area contributed by atoms with Gasteiger partial charge in [-0.05, 0) is 34.7 Å². The maximum atomic E-state index is 12.2. The van der Waals surface area contributed by atoms with Crippen molar-refractivity contribution in [3.63, 3.8) is 0 Å². The Labute approximate surface area is 171 Å². The van der Waals surface area contributed by atoms with Crippen LogP contribution in [0.25, 0.3) is 5.65 Å². The average molecular weight is 409 g/mol. The summed E-state index contributed by atoms with van der Waals surface area (Å²) in [4.78, 5) is 16.7. The third-order valence-corrected chi connectivity index (χ3v) is 5.07. The molecule has 4 rings (SSSR count). The van der Waals surface area contributed by atoms with E-state index in [1.54, 1.807) is 17.8 Å². The molecule has 0 radical (unpaired) electrons. The van der Waals surface area contributed by atoms with Crippen LogP contribution in [0.5, 0.6) is 5.75 Å². The van der Waals surface area contributed by atoms with E-state index in [4.69, 9.17) is 4.74 Å². The monoisotopic (exact) mass is 409 g/mol. The minimum atomic E-state index is -0.0786. The summed E-state index contributed by atoms with van der Waals surface area (Å²) in [5.41, 5.74) is 2.40. The van der Waals surface area contributed by atoms with Crippen LogP contribution in [0.3, 0.4) is 0 Å². The summed E-state index contributed by atoms with van der Waals surface area (Å²) in [6.07, 6.45) is 4.23. The molecule has 0 fully saturated rings. The number of rotatable bonds is 8. The number of benzene rings is 1. The minimum absolute atomic E-state index is 0.0786. The van der Waals surface area contributed by atoms with E-state index in [1.165, 1.54) is 11.8 Å². The predicted octanol–water partition coefficient (Wildman–Crippen LogP) is 2.56. The van der Waals surface area contributed by atoms with Crippen molar-refractivity contribution in [3.05, 3.63) is 60.6 Å². The average Bonchev–Trinajstić information content (AvgIpc) is 3.32. The number of thioether (sulfide) groups is 1. The van der Waals surface area contributed by atoms with E-state index in [9.17, 15) is 4.79 Å². The molecule has 0 spiro atoms. The number of fused-ring (bicyclic) bond motifs is 1.